The van der Waals surface area contributed by atoms with Crippen molar-refractivity contribution in [3.63, 3.8) is 0 Å². The summed E-state index contributed by atoms with van der Waals surface area (Å²) in [7, 11) is 0. The van der Waals surface area contributed by atoms with E-state index in [1.54, 1.807) is 0 Å². The lowest BCUT2D eigenvalue weighted by Crippen LogP contribution is -2.52. The minimum absolute atomic E-state index is 0.142. The molecule has 4 amide bonds. The van der Waals surface area contributed by atoms with E-state index >= 15 is 0 Å². The van der Waals surface area contributed by atoms with Crippen LogP contribution in [0.15, 0.2) is 30.3 Å². The van der Waals surface area contributed by atoms with Crippen LogP contribution < -0.4 is 5.32 Å². The fourth-order valence-corrected chi connectivity index (χ4v) is 4.01. The summed E-state index contributed by atoms with van der Waals surface area (Å²) in [5, 5.41) is 2.72. The summed E-state index contributed by atoms with van der Waals surface area (Å²) < 4.78 is 0. The molecule has 2 aliphatic heterocycles. The Labute approximate surface area is 154 Å². The van der Waals surface area contributed by atoms with Crippen molar-refractivity contribution in [2.45, 2.75) is 64.1 Å². The molecule has 0 spiro atoms. The molecular formula is C20H27N3O3. The Kier molecular flexibility index (Phi) is 5.59. The summed E-state index contributed by atoms with van der Waals surface area (Å²) in [5.74, 6) is -0.437. The maximum Gasteiger partial charge on any atom is 0.325 e. The van der Waals surface area contributed by atoms with Gasteiger partial charge in [0, 0.05) is 12.1 Å². The second kappa shape index (κ2) is 7.89. The van der Waals surface area contributed by atoms with Crippen molar-refractivity contribution in [3.05, 3.63) is 35.9 Å². The normalized spacial score (nSPS) is 26.2. The van der Waals surface area contributed by atoms with Crippen LogP contribution in [-0.2, 0) is 16.0 Å². The highest BCUT2D eigenvalue weighted by Gasteiger charge is 2.40. The van der Waals surface area contributed by atoms with Crippen molar-refractivity contribution in [3.8, 4) is 0 Å². The minimum atomic E-state index is -0.549. The Morgan fingerprint density at radius 2 is 1.77 bits per heavy atom. The quantitative estimate of drug-likeness (QED) is 0.822. The Balaban J connectivity index is 1.59. The first kappa shape index (κ1) is 18.4. The topological polar surface area (TPSA) is 69.7 Å². The Morgan fingerprint density at radius 3 is 2.42 bits per heavy atom. The van der Waals surface area contributed by atoms with Crippen molar-refractivity contribution in [1.29, 1.82) is 0 Å². The number of likely N-dealkylation sites (tertiary alicyclic amines) is 1. The van der Waals surface area contributed by atoms with Gasteiger partial charge in [-0.2, -0.15) is 0 Å². The summed E-state index contributed by atoms with van der Waals surface area (Å²) in [6, 6.07) is 9.16. The van der Waals surface area contributed by atoms with Gasteiger partial charge in [0.25, 0.3) is 5.91 Å². The molecule has 3 atom stereocenters. The van der Waals surface area contributed by atoms with E-state index in [0.29, 0.717) is 12.8 Å². The van der Waals surface area contributed by atoms with E-state index < -0.39 is 12.1 Å². The van der Waals surface area contributed by atoms with Crippen molar-refractivity contribution in [2.75, 3.05) is 6.54 Å². The van der Waals surface area contributed by atoms with Crippen LogP contribution in [0.4, 0.5) is 4.79 Å². The molecule has 2 saturated heterocycles. The van der Waals surface area contributed by atoms with Crippen LogP contribution in [-0.4, -0.2) is 52.3 Å². The van der Waals surface area contributed by atoms with Gasteiger partial charge in [0.05, 0.1) is 0 Å². The van der Waals surface area contributed by atoms with Crippen LogP contribution in [0.25, 0.3) is 0 Å². The number of piperidine rings is 1. The van der Waals surface area contributed by atoms with Crippen LogP contribution in [0.3, 0.4) is 0 Å². The third-order valence-corrected chi connectivity index (χ3v) is 5.45. The van der Waals surface area contributed by atoms with Crippen molar-refractivity contribution in [2.24, 2.45) is 0 Å². The first-order valence-corrected chi connectivity index (χ1v) is 9.44. The second-order valence-electron chi connectivity index (χ2n) is 7.38. The zero-order valence-electron chi connectivity index (χ0n) is 15.5. The number of aryl methyl sites for hydroxylation is 1. The molecule has 0 radical (unpaired) electrons. The van der Waals surface area contributed by atoms with Gasteiger partial charge in [-0.1, -0.05) is 30.3 Å². The Morgan fingerprint density at radius 1 is 1.12 bits per heavy atom. The van der Waals surface area contributed by atoms with Gasteiger partial charge < -0.3 is 10.2 Å². The molecule has 2 aliphatic rings. The maximum atomic E-state index is 12.7. The van der Waals surface area contributed by atoms with E-state index in [1.165, 1.54) is 0 Å². The summed E-state index contributed by atoms with van der Waals surface area (Å²) in [4.78, 5) is 40.4. The highest BCUT2D eigenvalue weighted by Crippen LogP contribution is 2.23. The van der Waals surface area contributed by atoms with Gasteiger partial charge in [0.15, 0.2) is 0 Å². The fraction of sp³-hybridized carbons (Fsp3) is 0.550. The standard InChI is InChI=1S/C20H27N3O3/c1-14-7-6-8-15(2)23(14)18(24)13-22-19(25)17(21-20(22)26)12-11-16-9-4-3-5-10-16/h3-5,9-10,14-15,17H,6-8,11-13H2,1-2H3,(H,21,26)/t14-,15-,17-/m1/s1. The first-order chi connectivity index (χ1) is 12.5. The monoisotopic (exact) mass is 357 g/mol. The number of rotatable bonds is 5. The number of hydrogen-bond acceptors (Lipinski definition) is 3. The molecule has 0 aromatic heterocycles. The van der Waals surface area contributed by atoms with Crippen LogP contribution in [0.5, 0.6) is 0 Å². The predicted molar refractivity (Wildman–Crippen MR) is 98.4 cm³/mol. The van der Waals surface area contributed by atoms with Gasteiger partial charge in [-0.25, -0.2) is 4.79 Å². The van der Waals surface area contributed by atoms with E-state index in [4.69, 9.17) is 0 Å². The molecule has 1 aromatic rings. The van der Waals surface area contributed by atoms with E-state index in [1.807, 2.05) is 49.1 Å². The predicted octanol–water partition coefficient (Wildman–Crippen LogP) is 2.33. The number of nitrogens with one attached hydrogen (secondary N) is 1. The molecule has 0 bridgehead atoms. The lowest BCUT2D eigenvalue weighted by Gasteiger charge is -2.39. The molecule has 6 heteroatoms. The van der Waals surface area contributed by atoms with Gasteiger partial charge in [0.1, 0.15) is 12.6 Å². The molecule has 3 rings (SSSR count). The van der Waals surface area contributed by atoms with Crippen molar-refractivity contribution < 1.29 is 14.4 Å². The molecule has 0 aliphatic carbocycles. The van der Waals surface area contributed by atoms with Gasteiger partial charge in [-0.3, -0.25) is 14.5 Å². The lowest BCUT2D eigenvalue weighted by atomic mass is 9.97. The van der Waals surface area contributed by atoms with Crippen LogP contribution in [0.2, 0.25) is 0 Å². The summed E-state index contributed by atoms with van der Waals surface area (Å²) >= 11 is 0. The number of nitrogens with zero attached hydrogens (tertiary/aromatic N) is 2. The number of carbonyl (C=O) groups is 3. The smallest absolute Gasteiger partial charge is 0.325 e. The average molecular weight is 357 g/mol. The third kappa shape index (κ3) is 3.89. The number of urea groups is 1. The van der Waals surface area contributed by atoms with Crippen molar-refractivity contribution >= 4 is 17.8 Å². The molecule has 2 heterocycles. The highest BCUT2D eigenvalue weighted by molar-refractivity contribution is 6.06. The maximum absolute atomic E-state index is 12.7. The third-order valence-electron chi connectivity index (χ3n) is 5.45. The zero-order valence-corrected chi connectivity index (χ0v) is 15.5. The Bertz CT molecular complexity index is 666. The fourth-order valence-electron chi connectivity index (χ4n) is 4.01. The largest absolute Gasteiger partial charge is 0.336 e. The second-order valence-corrected chi connectivity index (χ2v) is 7.38. The minimum Gasteiger partial charge on any atom is -0.336 e. The molecule has 6 nitrogen and oxygen atoms in total. The molecular weight excluding hydrogens is 330 g/mol. The van der Waals surface area contributed by atoms with Gasteiger partial charge in [-0.15, -0.1) is 0 Å². The van der Waals surface area contributed by atoms with Crippen LogP contribution >= 0.6 is 0 Å². The zero-order chi connectivity index (χ0) is 18.7. The molecule has 1 N–H and O–H groups in total. The number of benzene rings is 1. The summed E-state index contributed by atoms with van der Waals surface area (Å²) in [6.07, 6.45) is 4.29. The van der Waals surface area contributed by atoms with Gasteiger partial charge >= 0.3 is 6.03 Å². The molecule has 26 heavy (non-hydrogen) atoms. The molecule has 140 valence electrons. The average Bonchev–Trinajstić information content (AvgIpc) is 2.88. The van der Waals surface area contributed by atoms with Crippen molar-refractivity contribution in [1.82, 2.24) is 15.1 Å². The SMILES string of the molecule is C[C@@H]1CCC[C@@H](C)N1C(=O)CN1C(=O)N[C@H](CCc2ccccc2)C1=O. The lowest BCUT2D eigenvalue weighted by molar-refractivity contribution is -0.141. The number of carbonyl (C=O) groups excluding carboxylic acids is 3. The number of amides is 4. The van der Waals surface area contributed by atoms with E-state index in [2.05, 4.69) is 5.32 Å². The number of hydrogen-bond donors (Lipinski definition) is 1. The van der Waals surface area contributed by atoms with Gasteiger partial charge in [0.2, 0.25) is 5.91 Å². The molecule has 1 aromatic carbocycles. The Hall–Kier alpha value is -2.37. The first-order valence-electron chi connectivity index (χ1n) is 9.44. The summed E-state index contributed by atoms with van der Waals surface area (Å²) in [6.45, 7) is 3.89. The summed E-state index contributed by atoms with van der Waals surface area (Å²) in [5.41, 5.74) is 1.13. The molecule has 0 unspecified atom stereocenters. The highest BCUT2D eigenvalue weighted by atomic mass is 16.2. The van der Waals surface area contributed by atoms with Crippen LogP contribution in [0.1, 0.15) is 45.1 Å². The van der Waals surface area contributed by atoms with E-state index in [0.717, 1.165) is 29.7 Å². The molecule has 2 fully saturated rings. The van der Waals surface area contributed by atoms with Gasteiger partial charge in [-0.05, 0) is 51.5 Å². The van der Waals surface area contributed by atoms with Crippen LogP contribution in [0, 0.1) is 0 Å². The number of imide groups is 1. The molecule has 0 saturated carbocycles. The van der Waals surface area contributed by atoms with E-state index in [-0.39, 0.29) is 30.4 Å². The van der Waals surface area contributed by atoms with E-state index in [9.17, 15) is 14.4 Å².